The summed E-state index contributed by atoms with van der Waals surface area (Å²) < 4.78 is 41.3. The van der Waals surface area contributed by atoms with Crippen molar-refractivity contribution in [1.29, 1.82) is 0 Å². The molecule has 0 saturated heterocycles. The van der Waals surface area contributed by atoms with Gasteiger partial charge in [-0.05, 0) is 74.9 Å². The molecule has 1 aliphatic rings. The molecule has 324 valence electrons. The second-order valence-corrected chi connectivity index (χ2v) is 13.9. The molecule has 1 saturated carbocycles. The van der Waals surface area contributed by atoms with Crippen LogP contribution in [0.4, 0.5) is 0 Å². The van der Waals surface area contributed by atoms with Crippen molar-refractivity contribution >= 4 is 47.8 Å². The second-order valence-electron chi connectivity index (χ2n) is 13.9. The zero-order valence-corrected chi connectivity index (χ0v) is 33.9. The minimum absolute atomic E-state index is 0.0863. The third-order valence-corrected chi connectivity index (χ3v) is 8.98. The van der Waals surface area contributed by atoms with E-state index < -0.39 is 48.0 Å². The van der Waals surface area contributed by atoms with Gasteiger partial charge in [-0.2, -0.15) is 0 Å². The smallest absolute Gasteiger partial charge is 0.330 e. The molecule has 0 spiro atoms. The summed E-state index contributed by atoms with van der Waals surface area (Å²) in [5.74, 6) is -4.39. The highest BCUT2D eigenvalue weighted by atomic mass is 16.6. The van der Waals surface area contributed by atoms with Gasteiger partial charge in [0.1, 0.15) is 36.9 Å². The van der Waals surface area contributed by atoms with Gasteiger partial charge in [-0.25, -0.2) is 9.59 Å². The van der Waals surface area contributed by atoms with Gasteiger partial charge in [0.15, 0.2) is 0 Å². The number of benzene rings is 2. The molecule has 2 aromatic carbocycles. The van der Waals surface area contributed by atoms with Gasteiger partial charge in [0.2, 0.25) is 0 Å². The summed E-state index contributed by atoms with van der Waals surface area (Å²) >= 11 is 0. The molecule has 1 aliphatic carbocycles. The van der Waals surface area contributed by atoms with Gasteiger partial charge in [-0.15, -0.1) is 0 Å². The fourth-order valence-electron chi connectivity index (χ4n) is 5.66. The van der Waals surface area contributed by atoms with Gasteiger partial charge >= 0.3 is 47.8 Å². The van der Waals surface area contributed by atoms with E-state index in [1.807, 2.05) is 0 Å². The predicted octanol–water partition coefficient (Wildman–Crippen LogP) is 5.06. The molecule has 16 nitrogen and oxygen atoms in total. The minimum atomic E-state index is -0.650. The number of carbonyl (C=O) groups is 8. The zero-order chi connectivity index (χ0) is 43.9. The molecule has 0 bridgehead atoms. The van der Waals surface area contributed by atoms with E-state index in [2.05, 4.69) is 13.2 Å². The lowest BCUT2D eigenvalue weighted by Gasteiger charge is -2.25. The maximum atomic E-state index is 12.9. The normalized spacial score (nSPS) is 15.4. The molecule has 0 aliphatic heterocycles. The fraction of sp³-hybridized carbons (Fsp3) is 0.455. The Kier molecular flexibility index (Phi) is 20.8. The van der Waals surface area contributed by atoms with Crippen molar-refractivity contribution < 1.29 is 76.3 Å². The van der Waals surface area contributed by atoms with Crippen LogP contribution in [0.2, 0.25) is 0 Å². The van der Waals surface area contributed by atoms with Crippen molar-refractivity contribution in [2.75, 3.05) is 26.4 Å². The van der Waals surface area contributed by atoms with Crippen LogP contribution in [0.25, 0.3) is 0 Å². The molecule has 0 N–H and O–H groups in total. The molecule has 2 aromatic rings. The Morgan fingerprint density at radius 2 is 0.850 bits per heavy atom. The molecule has 3 rings (SSSR count). The van der Waals surface area contributed by atoms with Crippen molar-refractivity contribution in [3.05, 3.63) is 85.0 Å². The standard InChI is InChI=1S/C44H52O16/c1-5-37(45)57-29(3)27-55-41(49)21-19-39(47)53-25-23-31-7-15-35(16-8-31)59-43(51)33-11-13-34(14-12-33)44(52)60-36-17-9-32(10-18-36)24-26-54-40(48)20-22-42(50)56-28-30(4)58-38(46)6-2/h5-10,15-18,29-30,33-34H,1-2,11-14,19-28H2,3-4H3/t29-,30-,33?,34?/m1/s1. The largest absolute Gasteiger partial charge is 0.465 e. The first kappa shape index (κ1) is 48.1. The van der Waals surface area contributed by atoms with E-state index in [4.69, 9.17) is 37.9 Å². The lowest BCUT2D eigenvalue weighted by molar-refractivity contribution is -0.156. The van der Waals surface area contributed by atoms with Crippen LogP contribution in [0.5, 0.6) is 11.5 Å². The van der Waals surface area contributed by atoms with Crippen molar-refractivity contribution in [2.24, 2.45) is 11.8 Å². The highest BCUT2D eigenvalue weighted by Crippen LogP contribution is 2.31. The Hall–Kier alpha value is -6.32. The summed E-state index contributed by atoms with van der Waals surface area (Å²) in [5, 5.41) is 0. The summed E-state index contributed by atoms with van der Waals surface area (Å²) in [7, 11) is 0. The van der Waals surface area contributed by atoms with Gasteiger partial charge in [0.05, 0.1) is 50.7 Å². The minimum Gasteiger partial charge on any atom is -0.465 e. The quantitative estimate of drug-likeness (QED) is 0.0586. The summed E-state index contributed by atoms with van der Waals surface area (Å²) in [6, 6.07) is 13.6. The predicted molar refractivity (Wildman–Crippen MR) is 211 cm³/mol. The molecule has 0 unspecified atom stereocenters. The van der Waals surface area contributed by atoms with Crippen LogP contribution in [0.3, 0.4) is 0 Å². The van der Waals surface area contributed by atoms with Gasteiger partial charge in [0, 0.05) is 25.0 Å². The Labute approximate surface area is 348 Å². The highest BCUT2D eigenvalue weighted by molar-refractivity contribution is 5.82. The van der Waals surface area contributed by atoms with Crippen LogP contribution >= 0.6 is 0 Å². The average Bonchev–Trinajstić information content (AvgIpc) is 3.24. The van der Waals surface area contributed by atoms with Crippen molar-refractivity contribution in [3.8, 4) is 11.5 Å². The van der Waals surface area contributed by atoms with E-state index in [1.54, 1.807) is 62.4 Å². The molecule has 16 heteroatoms. The van der Waals surface area contributed by atoms with Crippen LogP contribution in [0.15, 0.2) is 73.8 Å². The van der Waals surface area contributed by atoms with Crippen LogP contribution in [-0.4, -0.2) is 86.4 Å². The van der Waals surface area contributed by atoms with Gasteiger partial charge in [-0.3, -0.25) is 28.8 Å². The van der Waals surface area contributed by atoms with E-state index in [9.17, 15) is 38.4 Å². The van der Waals surface area contributed by atoms with E-state index in [0.717, 1.165) is 23.3 Å². The van der Waals surface area contributed by atoms with Crippen molar-refractivity contribution in [3.63, 3.8) is 0 Å². The molecular weight excluding hydrogens is 784 g/mol. The highest BCUT2D eigenvalue weighted by Gasteiger charge is 2.32. The molecule has 1 fully saturated rings. The first-order chi connectivity index (χ1) is 28.7. The number of hydrogen-bond acceptors (Lipinski definition) is 16. The van der Waals surface area contributed by atoms with Crippen LogP contribution in [0, 0.1) is 11.8 Å². The molecule has 0 radical (unpaired) electrons. The summed E-state index contributed by atoms with van der Waals surface area (Å²) in [6.45, 7) is 9.57. The van der Waals surface area contributed by atoms with E-state index in [1.165, 1.54) is 0 Å². The van der Waals surface area contributed by atoms with Crippen LogP contribution < -0.4 is 9.47 Å². The molecule has 0 heterocycles. The average molecular weight is 837 g/mol. The van der Waals surface area contributed by atoms with Crippen LogP contribution in [0.1, 0.15) is 76.3 Å². The Morgan fingerprint density at radius 1 is 0.533 bits per heavy atom. The number of esters is 8. The Morgan fingerprint density at radius 3 is 1.17 bits per heavy atom. The van der Waals surface area contributed by atoms with Gasteiger partial charge in [-0.1, -0.05) is 37.4 Å². The maximum Gasteiger partial charge on any atom is 0.330 e. The lowest BCUT2D eigenvalue weighted by atomic mass is 9.82. The number of carbonyl (C=O) groups excluding carboxylic acids is 8. The SMILES string of the molecule is C=CC(=O)O[C@H](C)COC(=O)CCC(=O)OCCc1ccc(OC(=O)C2CCC(C(=O)Oc3ccc(CCOC(=O)CCC(=O)OC[C@@H](C)OC(=O)C=C)cc3)CC2)cc1. The van der Waals surface area contributed by atoms with Crippen molar-refractivity contribution in [2.45, 2.75) is 90.3 Å². The van der Waals surface area contributed by atoms with E-state index >= 15 is 0 Å². The fourth-order valence-corrected chi connectivity index (χ4v) is 5.66. The number of rotatable bonds is 24. The van der Waals surface area contributed by atoms with Crippen molar-refractivity contribution in [1.82, 2.24) is 0 Å². The van der Waals surface area contributed by atoms with E-state index in [-0.39, 0.29) is 75.9 Å². The second kappa shape index (κ2) is 25.9. The van der Waals surface area contributed by atoms with Crippen LogP contribution in [-0.2, 0) is 79.6 Å². The summed E-state index contributed by atoms with van der Waals surface area (Å²) in [6.07, 6.45) is 2.70. The maximum absolute atomic E-state index is 12.9. The topological polar surface area (TPSA) is 210 Å². The monoisotopic (exact) mass is 836 g/mol. The van der Waals surface area contributed by atoms with Gasteiger partial charge < -0.3 is 37.9 Å². The summed E-state index contributed by atoms with van der Waals surface area (Å²) in [5.41, 5.74) is 1.68. The molecule has 60 heavy (non-hydrogen) atoms. The third-order valence-electron chi connectivity index (χ3n) is 8.98. The third kappa shape index (κ3) is 19.0. The molecule has 0 aromatic heterocycles. The zero-order valence-electron chi connectivity index (χ0n) is 33.9. The first-order valence-electron chi connectivity index (χ1n) is 19.6. The molecule has 0 amide bonds. The Balaban J connectivity index is 1.26. The molecule has 2 atom stereocenters. The van der Waals surface area contributed by atoms with E-state index in [0.29, 0.717) is 50.0 Å². The Bertz CT molecular complexity index is 1660. The number of ether oxygens (including phenoxy) is 8. The number of hydrogen-bond donors (Lipinski definition) is 0. The van der Waals surface area contributed by atoms with Gasteiger partial charge in [0.25, 0.3) is 0 Å². The molecular formula is C44H52O16. The lowest BCUT2D eigenvalue weighted by Crippen LogP contribution is -2.30. The summed E-state index contributed by atoms with van der Waals surface area (Å²) in [4.78, 5) is 95.8. The first-order valence-corrected chi connectivity index (χ1v) is 19.6.